The maximum atomic E-state index is 12.9. The Balaban J connectivity index is 2.36. The van der Waals surface area contributed by atoms with Gasteiger partial charge in [0.1, 0.15) is 11.3 Å². The summed E-state index contributed by atoms with van der Waals surface area (Å²) in [5.74, 6) is -1.73. The molecule has 0 fully saturated rings. The summed E-state index contributed by atoms with van der Waals surface area (Å²) in [6.07, 6.45) is 0. The van der Waals surface area contributed by atoms with Crippen LogP contribution in [-0.4, -0.2) is 21.3 Å². The minimum absolute atomic E-state index is 0.0693. The number of hydrogen-bond acceptors (Lipinski definition) is 5. The molecule has 0 saturated carbocycles. The summed E-state index contributed by atoms with van der Waals surface area (Å²) in [5.41, 5.74) is 1.48. The van der Waals surface area contributed by atoms with E-state index in [0.29, 0.717) is 9.24 Å². The maximum Gasteiger partial charge on any atom is 0.336 e. The van der Waals surface area contributed by atoms with Crippen LogP contribution < -0.4 is 0 Å². The molecule has 0 aliphatic rings. The van der Waals surface area contributed by atoms with Crippen LogP contribution in [0.15, 0.2) is 32.9 Å². The average Bonchev–Trinajstić information content (AvgIpc) is 2.73. The minimum Gasteiger partial charge on any atom is -0.478 e. The standard InChI is InChI=1S/C9H5FN2O2S2/c10-5-1-2-7(6(3-5)8(13)14)16-9-12-11-4-15-9/h1-4H,(H,13,14). The van der Waals surface area contributed by atoms with Gasteiger partial charge in [-0.05, 0) is 18.2 Å². The summed E-state index contributed by atoms with van der Waals surface area (Å²) in [5, 5.41) is 16.3. The first-order valence-corrected chi connectivity index (χ1v) is 5.83. The van der Waals surface area contributed by atoms with Gasteiger partial charge in [-0.3, -0.25) is 0 Å². The van der Waals surface area contributed by atoms with Crippen molar-refractivity contribution in [3.05, 3.63) is 35.1 Å². The molecule has 7 heteroatoms. The molecular formula is C9H5FN2O2S2. The number of carbonyl (C=O) groups is 1. The van der Waals surface area contributed by atoms with Crippen molar-refractivity contribution in [1.82, 2.24) is 10.2 Å². The van der Waals surface area contributed by atoms with Crippen molar-refractivity contribution >= 4 is 29.1 Å². The Labute approximate surface area is 98.1 Å². The molecule has 0 atom stereocenters. The molecule has 0 aliphatic carbocycles. The zero-order valence-electron chi connectivity index (χ0n) is 7.75. The van der Waals surface area contributed by atoms with E-state index in [4.69, 9.17) is 5.11 Å². The van der Waals surface area contributed by atoms with Gasteiger partial charge in [0.15, 0.2) is 4.34 Å². The normalized spacial score (nSPS) is 10.3. The van der Waals surface area contributed by atoms with Crippen LogP contribution in [0.25, 0.3) is 0 Å². The lowest BCUT2D eigenvalue weighted by Crippen LogP contribution is -1.99. The predicted octanol–water partition coefficient (Wildman–Crippen LogP) is 2.53. The molecule has 1 aromatic heterocycles. The summed E-state index contributed by atoms with van der Waals surface area (Å²) in [4.78, 5) is 11.3. The van der Waals surface area contributed by atoms with E-state index in [9.17, 15) is 9.18 Å². The minimum atomic E-state index is -1.16. The summed E-state index contributed by atoms with van der Waals surface area (Å²) >= 11 is 2.45. The predicted molar refractivity (Wildman–Crippen MR) is 57.4 cm³/mol. The second-order valence-electron chi connectivity index (χ2n) is 2.75. The van der Waals surface area contributed by atoms with Gasteiger partial charge < -0.3 is 5.11 Å². The van der Waals surface area contributed by atoms with Gasteiger partial charge in [0, 0.05) is 4.90 Å². The zero-order chi connectivity index (χ0) is 11.5. The molecule has 0 radical (unpaired) electrons. The number of benzene rings is 1. The number of carboxylic acid groups (broad SMARTS) is 1. The second kappa shape index (κ2) is 4.58. The van der Waals surface area contributed by atoms with Crippen molar-refractivity contribution < 1.29 is 14.3 Å². The number of halogens is 1. The van der Waals surface area contributed by atoms with Crippen LogP contribution in [0.2, 0.25) is 0 Å². The fraction of sp³-hybridized carbons (Fsp3) is 0. The Morgan fingerprint density at radius 3 is 2.94 bits per heavy atom. The van der Waals surface area contributed by atoms with Crippen LogP contribution in [-0.2, 0) is 0 Å². The number of hydrogen-bond donors (Lipinski definition) is 1. The second-order valence-corrected chi connectivity index (χ2v) is 4.87. The molecule has 0 spiro atoms. The molecular weight excluding hydrogens is 251 g/mol. The van der Waals surface area contributed by atoms with E-state index in [1.807, 2.05) is 0 Å². The third-order valence-electron chi connectivity index (χ3n) is 1.71. The molecule has 0 unspecified atom stereocenters. The van der Waals surface area contributed by atoms with Gasteiger partial charge in [-0.1, -0.05) is 23.1 Å². The molecule has 1 heterocycles. The Morgan fingerprint density at radius 2 is 2.31 bits per heavy atom. The van der Waals surface area contributed by atoms with Crippen LogP contribution in [0, 0.1) is 5.82 Å². The quantitative estimate of drug-likeness (QED) is 0.914. The van der Waals surface area contributed by atoms with Crippen molar-refractivity contribution in [3.8, 4) is 0 Å². The van der Waals surface area contributed by atoms with E-state index in [1.54, 1.807) is 5.51 Å². The summed E-state index contributed by atoms with van der Waals surface area (Å²) < 4.78 is 13.5. The first-order chi connectivity index (χ1) is 7.66. The zero-order valence-corrected chi connectivity index (χ0v) is 9.39. The third-order valence-corrected chi connectivity index (χ3v) is 3.56. The highest BCUT2D eigenvalue weighted by Gasteiger charge is 2.13. The maximum absolute atomic E-state index is 12.9. The van der Waals surface area contributed by atoms with Crippen LogP contribution >= 0.6 is 23.1 Å². The SMILES string of the molecule is O=C(O)c1cc(F)ccc1Sc1nncs1. The molecule has 82 valence electrons. The third kappa shape index (κ3) is 2.37. The van der Waals surface area contributed by atoms with Crippen LogP contribution in [0.4, 0.5) is 4.39 Å². The van der Waals surface area contributed by atoms with Gasteiger partial charge >= 0.3 is 5.97 Å². The van der Waals surface area contributed by atoms with Crippen molar-refractivity contribution in [3.63, 3.8) is 0 Å². The molecule has 16 heavy (non-hydrogen) atoms. The lowest BCUT2D eigenvalue weighted by atomic mass is 10.2. The molecule has 4 nitrogen and oxygen atoms in total. The number of nitrogens with zero attached hydrogens (tertiary/aromatic N) is 2. The Bertz CT molecular complexity index is 516. The Hall–Kier alpha value is -1.47. The lowest BCUT2D eigenvalue weighted by Gasteiger charge is -2.02. The Kier molecular flexibility index (Phi) is 3.16. The fourth-order valence-corrected chi connectivity index (χ4v) is 2.60. The van der Waals surface area contributed by atoms with Crippen molar-refractivity contribution in [1.29, 1.82) is 0 Å². The van der Waals surface area contributed by atoms with Gasteiger partial charge in [0.2, 0.25) is 0 Å². The van der Waals surface area contributed by atoms with Gasteiger partial charge in [-0.15, -0.1) is 10.2 Å². The monoisotopic (exact) mass is 256 g/mol. The topological polar surface area (TPSA) is 63.1 Å². The molecule has 0 bridgehead atoms. The smallest absolute Gasteiger partial charge is 0.336 e. The van der Waals surface area contributed by atoms with E-state index in [1.165, 1.54) is 23.5 Å². The number of aromatic nitrogens is 2. The molecule has 1 aromatic carbocycles. The van der Waals surface area contributed by atoms with Crippen LogP contribution in [0.3, 0.4) is 0 Å². The van der Waals surface area contributed by atoms with Crippen LogP contribution in [0.5, 0.6) is 0 Å². The summed E-state index contributed by atoms with van der Waals surface area (Å²) in [6, 6.07) is 3.63. The summed E-state index contributed by atoms with van der Waals surface area (Å²) in [7, 11) is 0. The van der Waals surface area contributed by atoms with Crippen molar-refractivity contribution in [2.45, 2.75) is 9.24 Å². The summed E-state index contributed by atoms with van der Waals surface area (Å²) in [6.45, 7) is 0. The fourth-order valence-electron chi connectivity index (χ4n) is 1.06. The first-order valence-electron chi connectivity index (χ1n) is 4.13. The molecule has 2 rings (SSSR count). The van der Waals surface area contributed by atoms with Gasteiger partial charge in [0.25, 0.3) is 0 Å². The van der Waals surface area contributed by atoms with E-state index < -0.39 is 11.8 Å². The van der Waals surface area contributed by atoms with E-state index in [-0.39, 0.29) is 5.56 Å². The lowest BCUT2D eigenvalue weighted by molar-refractivity contribution is 0.0692. The van der Waals surface area contributed by atoms with E-state index in [0.717, 1.165) is 17.8 Å². The molecule has 0 aliphatic heterocycles. The van der Waals surface area contributed by atoms with Crippen LogP contribution in [0.1, 0.15) is 10.4 Å². The van der Waals surface area contributed by atoms with Gasteiger partial charge in [-0.2, -0.15) is 0 Å². The van der Waals surface area contributed by atoms with Crippen molar-refractivity contribution in [2.75, 3.05) is 0 Å². The molecule has 0 saturated heterocycles. The van der Waals surface area contributed by atoms with E-state index in [2.05, 4.69) is 10.2 Å². The number of aromatic carboxylic acids is 1. The number of rotatable bonds is 3. The number of carboxylic acids is 1. The van der Waals surface area contributed by atoms with E-state index >= 15 is 0 Å². The molecule has 0 amide bonds. The molecule has 2 aromatic rings. The van der Waals surface area contributed by atoms with Crippen molar-refractivity contribution in [2.24, 2.45) is 0 Å². The molecule has 1 N–H and O–H groups in total. The highest BCUT2D eigenvalue weighted by molar-refractivity contribution is 8.01. The largest absolute Gasteiger partial charge is 0.478 e. The average molecular weight is 256 g/mol. The first kappa shape index (κ1) is 11.0. The highest BCUT2D eigenvalue weighted by atomic mass is 32.2. The highest BCUT2D eigenvalue weighted by Crippen LogP contribution is 2.31. The Morgan fingerprint density at radius 1 is 1.50 bits per heavy atom. The van der Waals surface area contributed by atoms with Gasteiger partial charge in [0.05, 0.1) is 5.56 Å². The van der Waals surface area contributed by atoms with Gasteiger partial charge in [-0.25, -0.2) is 9.18 Å².